The summed E-state index contributed by atoms with van der Waals surface area (Å²) in [6, 6.07) is 12.2. The van der Waals surface area contributed by atoms with Crippen LogP contribution in [0.2, 0.25) is 0 Å². The van der Waals surface area contributed by atoms with E-state index in [9.17, 15) is 0 Å². The van der Waals surface area contributed by atoms with Crippen LogP contribution in [-0.2, 0) is 25.6 Å². The summed E-state index contributed by atoms with van der Waals surface area (Å²) in [4.78, 5) is 0. The molecule has 2 fully saturated rings. The molecule has 2 saturated heterocycles. The monoisotopic (exact) mass is 372 g/mol. The third-order valence-electron chi connectivity index (χ3n) is 5.32. The molecule has 4 rings (SSSR count). The molecule has 0 radical (unpaired) electrons. The lowest BCUT2D eigenvalue weighted by atomic mass is 9.90. The fourth-order valence-corrected chi connectivity index (χ4v) is 3.82. The molecule has 2 aromatic rings. The van der Waals surface area contributed by atoms with Gasteiger partial charge in [0.25, 0.3) is 0 Å². The molecule has 0 saturated carbocycles. The van der Waals surface area contributed by atoms with Gasteiger partial charge in [0.15, 0.2) is 12.1 Å². The van der Waals surface area contributed by atoms with Gasteiger partial charge in [-0.15, -0.1) is 0 Å². The molecular weight excluding hydrogens is 344 g/mol. The van der Waals surface area contributed by atoms with Crippen molar-refractivity contribution in [3.8, 4) is 0 Å². The summed E-state index contributed by atoms with van der Waals surface area (Å²) in [6.45, 7) is 10.5. The van der Waals surface area contributed by atoms with Crippen molar-refractivity contribution in [1.29, 1.82) is 0 Å². The smallest absolute Gasteiger partial charge is 0.190 e. The van der Waals surface area contributed by atoms with Crippen molar-refractivity contribution in [3.63, 3.8) is 0 Å². The number of hydrogen-bond acceptors (Lipinski definition) is 5. The predicted molar refractivity (Wildman–Crippen MR) is 100 cm³/mol. The average molecular weight is 372 g/mol. The van der Waals surface area contributed by atoms with Crippen molar-refractivity contribution < 1.29 is 23.4 Å². The Morgan fingerprint density at radius 2 is 1.81 bits per heavy atom. The molecule has 0 N–H and O–H groups in total. The fraction of sp³-hybridized carbons (Fsp3) is 0.545. The van der Waals surface area contributed by atoms with Gasteiger partial charge in [-0.05, 0) is 32.4 Å². The topological polar surface area (TPSA) is 50.1 Å². The third-order valence-corrected chi connectivity index (χ3v) is 5.32. The maximum absolute atomic E-state index is 6.45. The number of rotatable bonds is 5. The van der Waals surface area contributed by atoms with E-state index in [-0.39, 0.29) is 12.2 Å². The van der Waals surface area contributed by atoms with E-state index in [1.165, 1.54) is 0 Å². The number of ether oxygens (including phenoxy) is 4. The van der Waals surface area contributed by atoms with Gasteiger partial charge in [0.2, 0.25) is 0 Å². The lowest BCUT2D eigenvalue weighted by molar-refractivity contribution is -0.237. The van der Waals surface area contributed by atoms with Crippen LogP contribution >= 0.6 is 0 Å². The Kier molecular flexibility index (Phi) is 4.67. The molecule has 0 bridgehead atoms. The molecule has 5 heteroatoms. The number of furan rings is 1. The van der Waals surface area contributed by atoms with Crippen LogP contribution in [0.15, 0.2) is 47.1 Å². The lowest BCUT2D eigenvalue weighted by Crippen LogP contribution is -2.45. The van der Waals surface area contributed by atoms with Gasteiger partial charge in [-0.25, -0.2) is 0 Å². The van der Waals surface area contributed by atoms with Crippen LogP contribution in [0.5, 0.6) is 0 Å². The van der Waals surface area contributed by atoms with Crippen LogP contribution < -0.4 is 0 Å². The van der Waals surface area contributed by atoms with Crippen LogP contribution in [0.25, 0.3) is 0 Å². The molecule has 5 nitrogen and oxygen atoms in total. The average Bonchev–Trinajstić information content (AvgIpc) is 3.28. The van der Waals surface area contributed by atoms with Gasteiger partial charge in [-0.1, -0.05) is 44.2 Å². The van der Waals surface area contributed by atoms with E-state index in [0.29, 0.717) is 12.5 Å². The summed E-state index contributed by atoms with van der Waals surface area (Å²) in [5.41, 5.74) is 1.36. The van der Waals surface area contributed by atoms with Crippen LogP contribution in [-0.4, -0.2) is 23.8 Å². The quantitative estimate of drug-likeness (QED) is 0.745. The molecule has 0 unspecified atom stereocenters. The van der Waals surface area contributed by atoms with Gasteiger partial charge in [0, 0.05) is 11.5 Å². The summed E-state index contributed by atoms with van der Waals surface area (Å²) >= 11 is 0. The summed E-state index contributed by atoms with van der Waals surface area (Å²) in [6.07, 6.45) is 0.640. The third kappa shape index (κ3) is 3.45. The molecular formula is C22H28O5. The van der Waals surface area contributed by atoms with Crippen molar-refractivity contribution in [2.24, 2.45) is 0 Å². The second-order valence-electron chi connectivity index (χ2n) is 8.34. The Bertz CT molecular complexity index is 781. The Balaban J connectivity index is 1.63. The highest BCUT2D eigenvalue weighted by Crippen LogP contribution is 2.51. The highest BCUT2D eigenvalue weighted by atomic mass is 16.8. The molecule has 0 amide bonds. The predicted octanol–water partition coefficient (Wildman–Crippen LogP) is 4.93. The van der Waals surface area contributed by atoms with Crippen LogP contribution in [0, 0.1) is 0 Å². The Labute approximate surface area is 160 Å². The van der Waals surface area contributed by atoms with E-state index < -0.39 is 17.7 Å². The molecule has 1 aromatic heterocycles. The SMILES string of the molecule is CC(C)c1cc([C@H]2O[C@@H]3OC(C)(C)O[C@@H]3[C@]2(C)OCc2ccccc2)co1. The summed E-state index contributed by atoms with van der Waals surface area (Å²) < 4.78 is 30.6. The van der Waals surface area contributed by atoms with Crippen molar-refractivity contribution in [3.05, 3.63) is 59.5 Å². The molecule has 0 spiro atoms. The Morgan fingerprint density at radius 3 is 2.48 bits per heavy atom. The molecule has 27 heavy (non-hydrogen) atoms. The maximum atomic E-state index is 6.45. The molecule has 4 atom stereocenters. The van der Waals surface area contributed by atoms with E-state index in [4.69, 9.17) is 23.4 Å². The molecule has 146 valence electrons. The van der Waals surface area contributed by atoms with Crippen molar-refractivity contribution in [2.45, 2.75) is 77.0 Å². The van der Waals surface area contributed by atoms with Gasteiger partial charge in [-0.2, -0.15) is 0 Å². The van der Waals surface area contributed by atoms with E-state index >= 15 is 0 Å². The summed E-state index contributed by atoms with van der Waals surface area (Å²) in [7, 11) is 0. The molecule has 0 aliphatic carbocycles. The number of benzene rings is 1. The number of fused-ring (bicyclic) bond motifs is 1. The van der Waals surface area contributed by atoms with E-state index in [1.807, 2.05) is 45.0 Å². The maximum Gasteiger partial charge on any atom is 0.190 e. The molecule has 3 heterocycles. The number of hydrogen-bond donors (Lipinski definition) is 0. The van der Waals surface area contributed by atoms with Gasteiger partial charge in [-0.3, -0.25) is 0 Å². The zero-order valence-electron chi connectivity index (χ0n) is 16.6. The lowest BCUT2D eigenvalue weighted by Gasteiger charge is -2.34. The molecule has 1 aromatic carbocycles. The van der Waals surface area contributed by atoms with Crippen LogP contribution in [0.1, 0.15) is 63.5 Å². The van der Waals surface area contributed by atoms with E-state index in [1.54, 1.807) is 6.26 Å². The first kappa shape index (κ1) is 18.7. The van der Waals surface area contributed by atoms with Gasteiger partial charge >= 0.3 is 0 Å². The standard InChI is InChI=1S/C22H28O5/c1-14(2)17-11-16(13-23-17)18-22(5,24-12-15-9-7-6-8-10-15)19-20(25-18)27-21(3,4)26-19/h6-11,13-14,18-20H,12H2,1-5H3/t18-,19+,20-,22-/m1/s1. The first-order valence-electron chi connectivity index (χ1n) is 9.56. The molecule has 2 aliphatic heterocycles. The zero-order chi connectivity index (χ0) is 19.2. The largest absolute Gasteiger partial charge is 0.469 e. The first-order chi connectivity index (χ1) is 12.8. The minimum atomic E-state index is -0.702. The van der Waals surface area contributed by atoms with E-state index in [2.05, 4.69) is 26.0 Å². The molecule has 2 aliphatic rings. The second kappa shape index (κ2) is 6.74. The van der Waals surface area contributed by atoms with Crippen molar-refractivity contribution >= 4 is 0 Å². The Morgan fingerprint density at radius 1 is 1.07 bits per heavy atom. The highest BCUT2D eigenvalue weighted by Gasteiger charge is 2.63. The zero-order valence-corrected chi connectivity index (χ0v) is 16.6. The minimum Gasteiger partial charge on any atom is -0.469 e. The van der Waals surface area contributed by atoms with Crippen LogP contribution in [0.4, 0.5) is 0 Å². The normalized spacial score (nSPS) is 32.1. The van der Waals surface area contributed by atoms with Crippen molar-refractivity contribution in [1.82, 2.24) is 0 Å². The summed E-state index contributed by atoms with van der Waals surface area (Å²) in [5.74, 6) is 0.540. The van der Waals surface area contributed by atoms with Crippen molar-refractivity contribution in [2.75, 3.05) is 0 Å². The highest BCUT2D eigenvalue weighted by molar-refractivity contribution is 5.24. The summed E-state index contributed by atoms with van der Waals surface area (Å²) in [5, 5.41) is 0. The first-order valence-corrected chi connectivity index (χ1v) is 9.56. The van der Waals surface area contributed by atoms with Crippen LogP contribution in [0.3, 0.4) is 0 Å². The van der Waals surface area contributed by atoms with E-state index in [0.717, 1.165) is 16.9 Å². The second-order valence-corrected chi connectivity index (χ2v) is 8.34. The minimum absolute atomic E-state index is 0.308. The van der Waals surface area contributed by atoms with Gasteiger partial charge < -0.3 is 23.4 Å². The Hall–Kier alpha value is -1.66. The fourth-order valence-electron chi connectivity index (χ4n) is 3.82. The van der Waals surface area contributed by atoms with Gasteiger partial charge in [0.05, 0.1) is 12.9 Å². The van der Waals surface area contributed by atoms with Gasteiger partial charge in [0.1, 0.15) is 23.6 Å².